The number of rotatable bonds is 9. The average molecular weight is 490 g/mol. The second-order valence-electron chi connectivity index (χ2n) is 7.11. The fourth-order valence-electron chi connectivity index (χ4n) is 2.87. The quantitative estimate of drug-likeness (QED) is 0.461. The smallest absolute Gasteiger partial charge is 0.243 e. The number of carbonyl (C=O) groups is 1. The van der Waals surface area contributed by atoms with Gasteiger partial charge in [-0.15, -0.1) is 0 Å². The zero-order valence-corrected chi connectivity index (χ0v) is 19.9. The minimum absolute atomic E-state index is 0.0324. The number of benzene rings is 3. The number of amides is 1. The maximum atomic E-state index is 12.6. The molecule has 0 saturated carbocycles. The Balaban J connectivity index is 1.75. The predicted octanol–water partition coefficient (Wildman–Crippen LogP) is 4.44. The Hall–Kier alpha value is -3.27. The number of hydrogen-bond acceptors (Lipinski definition) is 6. The number of hydrogen-bond donors (Lipinski definition) is 2. The normalized spacial score (nSPS) is 11.2. The molecule has 3 aromatic rings. The number of anilines is 2. The lowest BCUT2D eigenvalue weighted by molar-refractivity contribution is -0.114. The number of ether oxygens (including phenoxy) is 2. The summed E-state index contributed by atoms with van der Waals surface area (Å²) in [7, 11) is 0.622. The Morgan fingerprint density at radius 3 is 2.33 bits per heavy atom. The predicted molar refractivity (Wildman–Crippen MR) is 129 cm³/mol. The monoisotopic (exact) mass is 489 g/mol. The molecule has 0 radical (unpaired) electrons. The fourth-order valence-corrected chi connectivity index (χ4v) is 3.97. The van der Waals surface area contributed by atoms with Gasteiger partial charge in [0.05, 0.1) is 29.9 Å². The van der Waals surface area contributed by atoms with Crippen LogP contribution in [0, 0.1) is 0 Å². The van der Waals surface area contributed by atoms with Gasteiger partial charge in [0.15, 0.2) is 5.75 Å². The van der Waals surface area contributed by atoms with Crippen LogP contribution < -0.4 is 20.1 Å². The summed E-state index contributed by atoms with van der Waals surface area (Å²) in [6.45, 7) is -0.126. The Kier molecular flexibility index (Phi) is 7.80. The number of nitrogens with one attached hydrogen (secondary N) is 2. The number of sulfonamides is 1. The molecule has 0 saturated heterocycles. The third-order valence-electron chi connectivity index (χ3n) is 4.58. The molecule has 0 aromatic heterocycles. The van der Waals surface area contributed by atoms with E-state index in [1.54, 1.807) is 18.2 Å². The molecule has 8 nitrogen and oxygen atoms in total. The second-order valence-corrected chi connectivity index (χ2v) is 9.70. The molecule has 3 aromatic carbocycles. The van der Waals surface area contributed by atoms with Gasteiger partial charge in [-0.1, -0.05) is 29.8 Å². The Labute approximate surface area is 198 Å². The molecule has 2 N–H and O–H groups in total. The van der Waals surface area contributed by atoms with Gasteiger partial charge in [0, 0.05) is 19.1 Å². The fraction of sp³-hybridized carbons (Fsp3) is 0.174. The van der Waals surface area contributed by atoms with Crippen LogP contribution in [0.2, 0.25) is 5.02 Å². The summed E-state index contributed by atoms with van der Waals surface area (Å²) in [6.07, 6.45) is 0. The third-order valence-corrected chi connectivity index (χ3v) is 6.62. The first-order valence-corrected chi connectivity index (χ1v) is 11.7. The largest absolute Gasteiger partial charge is 0.495 e. The summed E-state index contributed by atoms with van der Waals surface area (Å²) in [6, 6.07) is 18.5. The van der Waals surface area contributed by atoms with E-state index in [0.29, 0.717) is 28.0 Å². The van der Waals surface area contributed by atoms with Crippen molar-refractivity contribution in [2.45, 2.75) is 4.90 Å². The first-order valence-electron chi connectivity index (χ1n) is 9.87. The molecule has 10 heteroatoms. The minimum atomic E-state index is -3.68. The molecule has 0 fully saturated rings. The van der Waals surface area contributed by atoms with Crippen LogP contribution in [-0.4, -0.2) is 46.4 Å². The van der Waals surface area contributed by atoms with E-state index in [9.17, 15) is 13.2 Å². The maximum absolute atomic E-state index is 12.6. The van der Waals surface area contributed by atoms with Crippen LogP contribution in [0.1, 0.15) is 0 Å². The van der Waals surface area contributed by atoms with Crippen molar-refractivity contribution >= 4 is 38.9 Å². The van der Waals surface area contributed by atoms with E-state index in [4.69, 9.17) is 21.1 Å². The molecule has 0 aliphatic rings. The van der Waals surface area contributed by atoms with Crippen LogP contribution in [0.3, 0.4) is 0 Å². The summed E-state index contributed by atoms with van der Waals surface area (Å²) in [5.41, 5.74) is 0.761. The summed E-state index contributed by atoms with van der Waals surface area (Å²) in [5.74, 6) is 1.04. The lowest BCUT2D eigenvalue weighted by atomic mass is 10.2. The Morgan fingerprint density at radius 2 is 1.67 bits per heavy atom. The van der Waals surface area contributed by atoms with E-state index in [1.165, 1.54) is 39.4 Å². The molecule has 3 rings (SSSR count). The lowest BCUT2D eigenvalue weighted by Gasteiger charge is -2.16. The van der Waals surface area contributed by atoms with Gasteiger partial charge < -0.3 is 20.1 Å². The van der Waals surface area contributed by atoms with Gasteiger partial charge in [0.25, 0.3) is 0 Å². The van der Waals surface area contributed by atoms with Gasteiger partial charge in [-0.05, 0) is 48.5 Å². The topological polar surface area (TPSA) is 97.0 Å². The molecule has 0 atom stereocenters. The average Bonchev–Trinajstić information content (AvgIpc) is 2.79. The van der Waals surface area contributed by atoms with Crippen LogP contribution >= 0.6 is 11.6 Å². The van der Waals surface area contributed by atoms with Crippen LogP contribution in [-0.2, 0) is 14.8 Å². The Bertz CT molecular complexity index is 1230. The van der Waals surface area contributed by atoms with E-state index in [2.05, 4.69) is 10.6 Å². The van der Waals surface area contributed by atoms with Gasteiger partial charge in [-0.25, -0.2) is 12.7 Å². The van der Waals surface area contributed by atoms with Gasteiger partial charge in [-0.3, -0.25) is 4.79 Å². The highest BCUT2D eigenvalue weighted by molar-refractivity contribution is 7.89. The zero-order chi connectivity index (χ0) is 24.0. The van der Waals surface area contributed by atoms with Gasteiger partial charge in [-0.2, -0.15) is 0 Å². The van der Waals surface area contributed by atoms with Crippen LogP contribution in [0.15, 0.2) is 71.6 Å². The van der Waals surface area contributed by atoms with E-state index in [1.807, 2.05) is 30.3 Å². The second kappa shape index (κ2) is 10.6. The first kappa shape index (κ1) is 24.4. The number of halogens is 1. The molecule has 33 heavy (non-hydrogen) atoms. The van der Waals surface area contributed by atoms with Crippen molar-refractivity contribution < 1.29 is 22.7 Å². The van der Waals surface area contributed by atoms with Crippen molar-refractivity contribution in [3.05, 3.63) is 71.8 Å². The van der Waals surface area contributed by atoms with Crippen LogP contribution in [0.25, 0.3) is 0 Å². The van der Waals surface area contributed by atoms with E-state index in [0.717, 1.165) is 4.31 Å². The number of carbonyl (C=O) groups excluding carboxylic acids is 1. The highest BCUT2D eigenvalue weighted by atomic mass is 35.5. The summed E-state index contributed by atoms with van der Waals surface area (Å²) in [5, 5.41) is 6.16. The van der Waals surface area contributed by atoms with Crippen molar-refractivity contribution in [1.82, 2.24) is 4.31 Å². The van der Waals surface area contributed by atoms with Crippen molar-refractivity contribution in [2.75, 3.05) is 38.4 Å². The van der Waals surface area contributed by atoms with Crippen LogP contribution in [0.4, 0.5) is 11.4 Å². The van der Waals surface area contributed by atoms with Crippen LogP contribution in [0.5, 0.6) is 17.2 Å². The number of para-hydroxylation sites is 1. The summed E-state index contributed by atoms with van der Waals surface area (Å²) in [4.78, 5) is 12.7. The molecular weight excluding hydrogens is 466 g/mol. The SMILES string of the molecule is COc1ccc(S(=O)(=O)N(C)C)cc1NC(=O)CNc1cc(Cl)ccc1Oc1ccccc1. The molecule has 0 unspecified atom stereocenters. The first-order chi connectivity index (χ1) is 15.7. The van der Waals surface area contributed by atoms with E-state index in [-0.39, 0.29) is 17.1 Å². The van der Waals surface area contributed by atoms with Gasteiger partial charge in [0.2, 0.25) is 15.9 Å². The molecule has 0 aliphatic heterocycles. The van der Waals surface area contributed by atoms with E-state index >= 15 is 0 Å². The molecule has 0 heterocycles. The molecule has 1 amide bonds. The molecule has 0 spiro atoms. The lowest BCUT2D eigenvalue weighted by Crippen LogP contribution is -2.24. The van der Waals surface area contributed by atoms with Crippen molar-refractivity contribution in [1.29, 1.82) is 0 Å². The highest BCUT2D eigenvalue weighted by Gasteiger charge is 2.20. The van der Waals surface area contributed by atoms with Crippen molar-refractivity contribution in [2.24, 2.45) is 0 Å². The molecular formula is C23H24ClN3O5S. The minimum Gasteiger partial charge on any atom is -0.495 e. The zero-order valence-electron chi connectivity index (χ0n) is 18.3. The van der Waals surface area contributed by atoms with Gasteiger partial charge >= 0.3 is 0 Å². The van der Waals surface area contributed by atoms with E-state index < -0.39 is 15.9 Å². The summed E-state index contributed by atoms with van der Waals surface area (Å²) < 4.78 is 37.1. The van der Waals surface area contributed by atoms with Crippen molar-refractivity contribution in [3.8, 4) is 17.2 Å². The maximum Gasteiger partial charge on any atom is 0.243 e. The highest BCUT2D eigenvalue weighted by Crippen LogP contribution is 2.32. The molecule has 0 aliphatic carbocycles. The molecule has 0 bridgehead atoms. The number of nitrogens with zero attached hydrogens (tertiary/aromatic N) is 1. The number of methoxy groups -OCH3 is 1. The Morgan fingerprint density at radius 1 is 0.970 bits per heavy atom. The van der Waals surface area contributed by atoms with Gasteiger partial charge in [0.1, 0.15) is 11.5 Å². The van der Waals surface area contributed by atoms with Crippen molar-refractivity contribution in [3.63, 3.8) is 0 Å². The third kappa shape index (κ3) is 6.16. The summed E-state index contributed by atoms with van der Waals surface area (Å²) >= 11 is 6.12. The standard InChI is InChI=1S/C23H24ClN3O5S/c1-27(2)33(29,30)18-10-12-21(31-3)20(14-18)26-23(28)15-25-19-13-16(24)9-11-22(19)32-17-7-5-4-6-8-17/h4-14,25H,15H2,1-3H3,(H,26,28). The molecule has 174 valence electrons.